The van der Waals surface area contributed by atoms with Crippen LogP contribution in [0.1, 0.15) is 19.4 Å². The van der Waals surface area contributed by atoms with E-state index in [4.69, 9.17) is 21.5 Å². The molecule has 0 amide bonds. The molecule has 0 aromatic heterocycles. The molecule has 1 aromatic carbocycles. The molecule has 0 radical (unpaired) electrons. The predicted molar refractivity (Wildman–Crippen MR) is 79.5 cm³/mol. The molecule has 21 heavy (non-hydrogen) atoms. The fraction of sp³-hybridized carbons (Fsp3) is 0.385. The van der Waals surface area contributed by atoms with Gasteiger partial charge in [-0.25, -0.2) is 13.2 Å². The van der Waals surface area contributed by atoms with Gasteiger partial charge in [-0.2, -0.15) is 0 Å². The van der Waals surface area contributed by atoms with E-state index < -0.39 is 15.8 Å². The number of oxime groups is 1. The third kappa shape index (κ3) is 5.02. The van der Waals surface area contributed by atoms with Crippen LogP contribution >= 0.6 is 11.6 Å². The number of carbonyl (C=O) groups is 1. The van der Waals surface area contributed by atoms with E-state index in [0.29, 0.717) is 0 Å². The molecular formula is C13H16ClNO5S. The van der Waals surface area contributed by atoms with Crippen molar-refractivity contribution in [3.05, 3.63) is 28.8 Å². The minimum Gasteiger partial charge on any atom is -0.476 e. The van der Waals surface area contributed by atoms with E-state index in [1.807, 2.05) is 13.8 Å². The molecular weight excluding hydrogens is 318 g/mol. The van der Waals surface area contributed by atoms with Gasteiger partial charge in [0.2, 0.25) is 0 Å². The molecule has 1 rings (SSSR count). The fourth-order valence-corrected chi connectivity index (χ4v) is 2.74. The smallest absolute Gasteiger partial charge is 0.358 e. The Labute approximate surface area is 128 Å². The maximum absolute atomic E-state index is 11.5. The second kappa shape index (κ2) is 6.91. The number of sulfone groups is 1. The Bertz CT molecular complexity index is 667. The van der Waals surface area contributed by atoms with E-state index in [0.717, 1.165) is 6.26 Å². The summed E-state index contributed by atoms with van der Waals surface area (Å²) >= 11 is 5.88. The number of benzene rings is 1. The van der Waals surface area contributed by atoms with Gasteiger partial charge in [0, 0.05) is 11.8 Å². The molecule has 0 heterocycles. The van der Waals surface area contributed by atoms with Gasteiger partial charge in [-0.1, -0.05) is 36.7 Å². The quantitative estimate of drug-likeness (QED) is 0.636. The van der Waals surface area contributed by atoms with Crippen molar-refractivity contribution < 1.29 is 23.2 Å². The summed E-state index contributed by atoms with van der Waals surface area (Å²) in [6.45, 7) is 4.06. The van der Waals surface area contributed by atoms with Crippen molar-refractivity contribution in [1.82, 2.24) is 0 Å². The lowest BCUT2D eigenvalue weighted by Gasteiger charge is -2.07. The Hall–Kier alpha value is -1.60. The number of carboxylic acids is 1. The Morgan fingerprint density at radius 2 is 2.05 bits per heavy atom. The molecule has 0 atom stereocenters. The lowest BCUT2D eigenvalue weighted by molar-refractivity contribution is -0.129. The molecule has 0 saturated carbocycles. The molecule has 8 heteroatoms. The molecule has 0 spiro atoms. The molecule has 0 aliphatic carbocycles. The van der Waals surface area contributed by atoms with Crippen molar-refractivity contribution >= 4 is 33.1 Å². The van der Waals surface area contributed by atoms with Crippen LogP contribution in [0.3, 0.4) is 0 Å². The number of hydrogen-bond acceptors (Lipinski definition) is 5. The molecule has 1 aromatic rings. The first-order valence-corrected chi connectivity index (χ1v) is 8.33. The average Bonchev–Trinajstić information content (AvgIpc) is 2.32. The minimum atomic E-state index is -3.47. The maximum atomic E-state index is 11.5. The van der Waals surface area contributed by atoms with Crippen LogP contribution in [0.25, 0.3) is 0 Å². The maximum Gasteiger partial charge on any atom is 0.358 e. The Kier molecular flexibility index (Phi) is 5.74. The summed E-state index contributed by atoms with van der Waals surface area (Å²) in [4.78, 5) is 16.1. The van der Waals surface area contributed by atoms with Crippen LogP contribution in [-0.2, 0) is 19.5 Å². The largest absolute Gasteiger partial charge is 0.476 e. The highest BCUT2D eigenvalue weighted by Gasteiger charge is 2.18. The van der Waals surface area contributed by atoms with Crippen LogP contribution in [0.5, 0.6) is 0 Å². The highest BCUT2D eigenvalue weighted by atomic mass is 35.5. The second-order valence-electron chi connectivity index (χ2n) is 4.85. The first-order chi connectivity index (χ1) is 9.62. The first-order valence-electron chi connectivity index (χ1n) is 6.06. The molecule has 0 aliphatic rings. The van der Waals surface area contributed by atoms with Crippen LogP contribution in [-0.4, -0.2) is 38.1 Å². The normalized spacial score (nSPS) is 12.5. The summed E-state index contributed by atoms with van der Waals surface area (Å²) in [7, 11) is -3.47. The van der Waals surface area contributed by atoms with Gasteiger partial charge in [0.25, 0.3) is 0 Å². The summed E-state index contributed by atoms with van der Waals surface area (Å²) in [5.74, 6) is -1.10. The van der Waals surface area contributed by atoms with Gasteiger partial charge < -0.3 is 9.94 Å². The van der Waals surface area contributed by atoms with Gasteiger partial charge in [-0.05, 0) is 18.1 Å². The van der Waals surface area contributed by atoms with Crippen molar-refractivity contribution in [2.75, 3.05) is 12.9 Å². The number of carboxylic acid groups (broad SMARTS) is 1. The van der Waals surface area contributed by atoms with Gasteiger partial charge in [-0.3, -0.25) is 0 Å². The first kappa shape index (κ1) is 17.5. The van der Waals surface area contributed by atoms with Gasteiger partial charge in [-0.15, -0.1) is 0 Å². The Morgan fingerprint density at radius 3 is 2.48 bits per heavy atom. The number of aliphatic carboxylic acids is 1. The lowest BCUT2D eigenvalue weighted by Crippen LogP contribution is -2.16. The van der Waals surface area contributed by atoms with Crippen LogP contribution in [0.2, 0.25) is 5.02 Å². The fourth-order valence-electron chi connectivity index (χ4n) is 1.41. The number of rotatable bonds is 6. The minimum absolute atomic E-state index is 0.0622. The molecule has 0 saturated heterocycles. The van der Waals surface area contributed by atoms with Crippen molar-refractivity contribution in [3.63, 3.8) is 0 Å². The number of hydrogen-bond donors (Lipinski definition) is 1. The van der Waals surface area contributed by atoms with Crippen molar-refractivity contribution in [3.8, 4) is 0 Å². The zero-order valence-electron chi connectivity index (χ0n) is 11.8. The van der Waals surface area contributed by atoms with Gasteiger partial charge in [0.05, 0.1) is 9.92 Å². The zero-order valence-corrected chi connectivity index (χ0v) is 13.4. The summed E-state index contributed by atoms with van der Waals surface area (Å²) < 4.78 is 22.9. The summed E-state index contributed by atoms with van der Waals surface area (Å²) in [6, 6.07) is 3.81. The van der Waals surface area contributed by atoms with E-state index in [-0.39, 0.29) is 33.7 Å². The molecule has 1 N–H and O–H groups in total. The molecule has 0 bridgehead atoms. The standard InChI is InChI=1S/C13H16ClNO5S/c1-8(2)7-20-15-12(13(16)17)9-4-5-11(10(14)6-9)21(3,18)19/h4-6,8H,7H2,1-3H3,(H,16,17)/b15-12+. The summed E-state index contributed by atoms with van der Waals surface area (Å²) in [6.07, 6.45) is 1.02. The molecule has 6 nitrogen and oxygen atoms in total. The highest BCUT2D eigenvalue weighted by molar-refractivity contribution is 7.90. The number of nitrogens with zero attached hydrogens (tertiary/aromatic N) is 1. The molecule has 0 aliphatic heterocycles. The predicted octanol–water partition coefficient (Wildman–Crippen LogP) is 2.20. The highest BCUT2D eigenvalue weighted by Crippen LogP contribution is 2.23. The van der Waals surface area contributed by atoms with E-state index in [1.54, 1.807) is 0 Å². The monoisotopic (exact) mass is 333 g/mol. The van der Waals surface area contributed by atoms with Crippen LogP contribution < -0.4 is 0 Å². The van der Waals surface area contributed by atoms with Gasteiger partial charge in [0.1, 0.15) is 6.61 Å². The SMILES string of the molecule is CC(C)CO/N=C(/C(=O)O)c1ccc(S(C)(=O)=O)c(Cl)c1. The van der Waals surface area contributed by atoms with Gasteiger partial charge in [0.15, 0.2) is 15.5 Å². The van der Waals surface area contributed by atoms with E-state index in [1.165, 1.54) is 18.2 Å². The zero-order chi connectivity index (χ0) is 16.2. The summed E-state index contributed by atoms with van der Waals surface area (Å²) in [5.41, 5.74) is -0.166. The van der Waals surface area contributed by atoms with Crippen molar-refractivity contribution in [1.29, 1.82) is 0 Å². The third-order valence-corrected chi connectivity index (χ3v) is 3.95. The van der Waals surface area contributed by atoms with Crippen molar-refractivity contribution in [2.45, 2.75) is 18.7 Å². The van der Waals surface area contributed by atoms with Crippen LogP contribution in [0, 0.1) is 5.92 Å². The Balaban J connectivity index is 3.17. The van der Waals surface area contributed by atoms with E-state index >= 15 is 0 Å². The van der Waals surface area contributed by atoms with Crippen LogP contribution in [0.4, 0.5) is 0 Å². The van der Waals surface area contributed by atoms with E-state index in [2.05, 4.69) is 5.16 Å². The third-order valence-electron chi connectivity index (χ3n) is 2.37. The lowest BCUT2D eigenvalue weighted by atomic mass is 10.1. The molecule has 116 valence electrons. The Morgan fingerprint density at radius 1 is 1.43 bits per heavy atom. The average molecular weight is 334 g/mol. The van der Waals surface area contributed by atoms with E-state index in [9.17, 15) is 13.2 Å². The van der Waals surface area contributed by atoms with Crippen LogP contribution in [0.15, 0.2) is 28.3 Å². The van der Waals surface area contributed by atoms with Crippen molar-refractivity contribution in [2.24, 2.45) is 11.1 Å². The van der Waals surface area contributed by atoms with Gasteiger partial charge >= 0.3 is 5.97 Å². The molecule has 0 fully saturated rings. The molecule has 0 unspecified atom stereocenters. The number of halogens is 1. The second-order valence-corrected chi connectivity index (χ2v) is 7.24. The summed E-state index contributed by atoms with van der Waals surface area (Å²) in [5, 5.41) is 12.7. The topological polar surface area (TPSA) is 93.0 Å².